The van der Waals surface area contributed by atoms with Crippen molar-refractivity contribution in [2.24, 2.45) is 5.14 Å². The molecular weight excluding hydrogens is 258 g/mol. The Morgan fingerprint density at radius 3 is 2.72 bits per heavy atom. The third-order valence-electron chi connectivity index (χ3n) is 2.22. The first-order chi connectivity index (χ1) is 8.33. The van der Waals surface area contributed by atoms with Crippen LogP contribution in [0.15, 0.2) is 6.20 Å². The first kappa shape index (κ1) is 14.5. The second kappa shape index (κ2) is 5.83. The Bertz CT molecular complexity index is 522. The third kappa shape index (κ3) is 4.34. The van der Waals surface area contributed by atoms with E-state index >= 15 is 0 Å². The van der Waals surface area contributed by atoms with Crippen molar-refractivity contribution >= 4 is 21.6 Å². The average molecular weight is 275 g/mol. The molecule has 0 radical (unpaired) electrons. The van der Waals surface area contributed by atoms with Crippen LogP contribution >= 0.6 is 0 Å². The van der Waals surface area contributed by atoms with E-state index in [4.69, 9.17) is 10.9 Å². The van der Waals surface area contributed by atoms with E-state index in [1.807, 2.05) is 6.92 Å². The molecule has 102 valence electrons. The molecule has 0 aliphatic carbocycles. The first-order valence-corrected chi connectivity index (χ1v) is 7.16. The van der Waals surface area contributed by atoms with Crippen molar-refractivity contribution in [3.63, 3.8) is 0 Å². The number of anilines is 1. The van der Waals surface area contributed by atoms with Gasteiger partial charge < -0.3 is 11.1 Å². The quantitative estimate of drug-likeness (QED) is 0.566. The van der Waals surface area contributed by atoms with Gasteiger partial charge in [0, 0.05) is 19.3 Å². The molecule has 1 heterocycles. The monoisotopic (exact) mass is 275 g/mol. The fourth-order valence-corrected chi connectivity index (χ4v) is 1.88. The molecule has 5 N–H and O–H groups in total. The van der Waals surface area contributed by atoms with Crippen LogP contribution in [0.3, 0.4) is 0 Å². The van der Waals surface area contributed by atoms with Gasteiger partial charge in [-0.1, -0.05) is 0 Å². The molecule has 0 bridgehead atoms. The molecule has 8 nitrogen and oxygen atoms in total. The predicted octanol–water partition coefficient (Wildman–Crippen LogP) is -1.11. The lowest BCUT2D eigenvalue weighted by Crippen LogP contribution is -2.28. The number of rotatable bonds is 6. The zero-order chi connectivity index (χ0) is 13.8. The molecule has 0 saturated carbocycles. The molecule has 0 aliphatic heterocycles. The summed E-state index contributed by atoms with van der Waals surface area (Å²) in [6.45, 7) is 2.69. The van der Waals surface area contributed by atoms with E-state index in [0.29, 0.717) is 12.2 Å². The smallest absolute Gasteiger partial charge is 0.273 e. The summed E-state index contributed by atoms with van der Waals surface area (Å²) in [5.74, 6) is -0.597. The largest absolute Gasteiger partial charge is 0.396 e. The fourth-order valence-electron chi connectivity index (χ4n) is 1.33. The second-order valence-electron chi connectivity index (χ2n) is 3.77. The van der Waals surface area contributed by atoms with E-state index in [1.54, 1.807) is 10.9 Å². The number of hydrogen-bond acceptors (Lipinski definition) is 5. The molecule has 1 amide bonds. The van der Waals surface area contributed by atoms with Gasteiger partial charge >= 0.3 is 0 Å². The minimum absolute atomic E-state index is 0.146. The topological polar surface area (TPSA) is 133 Å². The minimum atomic E-state index is -3.49. The maximum atomic E-state index is 11.7. The van der Waals surface area contributed by atoms with E-state index in [-0.39, 0.29) is 24.4 Å². The summed E-state index contributed by atoms with van der Waals surface area (Å²) < 4.78 is 22.9. The summed E-state index contributed by atoms with van der Waals surface area (Å²) >= 11 is 0. The number of nitrogens with zero attached hydrogens (tertiary/aromatic N) is 2. The Morgan fingerprint density at radius 1 is 1.56 bits per heavy atom. The number of amides is 1. The molecule has 0 aromatic carbocycles. The molecule has 0 saturated heterocycles. The first-order valence-electron chi connectivity index (χ1n) is 5.45. The minimum Gasteiger partial charge on any atom is -0.396 e. The number of carbonyl (C=O) groups excluding carboxylic acids is 1. The van der Waals surface area contributed by atoms with Gasteiger partial charge in [-0.2, -0.15) is 5.10 Å². The van der Waals surface area contributed by atoms with Crippen molar-refractivity contribution in [2.45, 2.75) is 19.9 Å². The number of nitrogens with one attached hydrogen (secondary N) is 1. The van der Waals surface area contributed by atoms with Crippen LogP contribution in [0, 0.1) is 0 Å². The summed E-state index contributed by atoms with van der Waals surface area (Å²) in [6.07, 6.45) is 1.82. The van der Waals surface area contributed by atoms with Gasteiger partial charge in [-0.25, -0.2) is 13.6 Å². The maximum absolute atomic E-state index is 11.7. The highest BCUT2D eigenvalue weighted by Gasteiger charge is 2.14. The zero-order valence-electron chi connectivity index (χ0n) is 10.1. The highest BCUT2D eigenvalue weighted by Crippen LogP contribution is 2.08. The highest BCUT2D eigenvalue weighted by atomic mass is 32.2. The Kier molecular flexibility index (Phi) is 4.68. The van der Waals surface area contributed by atoms with Gasteiger partial charge in [0.1, 0.15) is 0 Å². The SMILES string of the molecule is CCn1cc(N)c(C(=O)NCCCS(N)(=O)=O)n1. The van der Waals surface area contributed by atoms with E-state index < -0.39 is 15.9 Å². The van der Waals surface area contributed by atoms with Crippen LogP contribution in [0.25, 0.3) is 0 Å². The number of aromatic nitrogens is 2. The number of primary sulfonamides is 1. The van der Waals surface area contributed by atoms with Crippen molar-refractivity contribution in [3.05, 3.63) is 11.9 Å². The second-order valence-corrected chi connectivity index (χ2v) is 5.50. The predicted molar refractivity (Wildman–Crippen MR) is 67.2 cm³/mol. The van der Waals surface area contributed by atoms with Crippen molar-refractivity contribution in [2.75, 3.05) is 18.0 Å². The lowest BCUT2D eigenvalue weighted by Gasteiger charge is -2.02. The summed E-state index contributed by atoms with van der Waals surface area (Å²) in [7, 11) is -3.49. The number of nitrogen functional groups attached to an aromatic ring is 1. The Morgan fingerprint density at radius 2 is 2.22 bits per heavy atom. The molecule has 1 aromatic rings. The normalized spacial score (nSPS) is 11.4. The van der Waals surface area contributed by atoms with Gasteiger partial charge in [0.15, 0.2) is 5.69 Å². The van der Waals surface area contributed by atoms with Crippen molar-refractivity contribution in [1.82, 2.24) is 15.1 Å². The van der Waals surface area contributed by atoms with Crippen molar-refractivity contribution in [1.29, 1.82) is 0 Å². The molecule has 0 spiro atoms. The van der Waals surface area contributed by atoms with Gasteiger partial charge in [0.05, 0.1) is 11.4 Å². The highest BCUT2D eigenvalue weighted by molar-refractivity contribution is 7.89. The zero-order valence-corrected chi connectivity index (χ0v) is 10.9. The van der Waals surface area contributed by atoms with E-state index in [9.17, 15) is 13.2 Å². The van der Waals surface area contributed by atoms with Gasteiger partial charge in [-0.15, -0.1) is 0 Å². The van der Waals surface area contributed by atoms with Gasteiger partial charge in [-0.3, -0.25) is 9.48 Å². The molecule has 9 heteroatoms. The van der Waals surface area contributed by atoms with Crippen LogP contribution in [-0.4, -0.2) is 36.4 Å². The maximum Gasteiger partial charge on any atom is 0.273 e. The average Bonchev–Trinajstić information content (AvgIpc) is 2.64. The Balaban J connectivity index is 2.48. The molecule has 0 atom stereocenters. The van der Waals surface area contributed by atoms with E-state index in [1.165, 1.54) is 0 Å². The molecule has 1 rings (SSSR count). The summed E-state index contributed by atoms with van der Waals surface area (Å²) in [5.41, 5.74) is 6.07. The Labute approximate surface area is 105 Å². The van der Waals surface area contributed by atoms with E-state index in [0.717, 1.165) is 0 Å². The van der Waals surface area contributed by atoms with Gasteiger partial charge in [-0.05, 0) is 13.3 Å². The molecule has 0 aliphatic rings. The van der Waals surface area contributed by atoms with E-state index in [2.05, 4.69) is 10.4 Å². The number of hydrogen-bond donors (Lipinski definition) is 3. The summed E-state index contributed by atoms with van der Waals surface area (Å²) in [4.78, 5) is 11.7. The van der Waals surface area contributed by atoms with Crippen LogP contribution in [0.1, 0.15) is 23.8 Å². The third-order valence-corrected chi connectivity index (χ3v) is 3.08. The van der Waals surface area contributed by atoms with Gasteiger partial charge in [0.25, 0.3) is 5.91 Å². The number of carbonyl (C=O) groups is 1. The number of aryl methyl sites for hydroxylation is 1. The van der Waals surface area contributed by atoms with Crippen LogP contribution in [0.2, 0.25) is 0 Å². The standard InChI is InChI=1S/C9H17N5O3S/c1-2-14-6-7(10)8(13-14)9(15)12-4-3-5-18(11,16)17/h6H,2-5,10H2,1H3,(H,12,15)(H2,11,16,17). The fraction of sp³-hybridized carbons (Fsp3) is 0.556. The lowest BCUT2D eigenvalue weighted by atomic mass is 10.3. The van der Waals surface area contributed by atoms with Crippen LogP contribution in [-0.2, 0) is 16.6 Å². The number of sulfonamides is 1. The molecule has 18 heavy (non-hydrogen) atoms. The van der Waals surface area contributed by atoms with Crippen LogP contribution < -0.4 is 16.2 Å². The van der Waals surface area contributed by atoms with Crippen molar-refractivity contribution < 1.29 is 13.2 Å². The van der Waals surface area contributed by atoms with Crippen LogP contribution in [0.5, 0.6) is 0 Å². The van der Waals surface area contributed by atoms with Crippen molar-refractivity contribution in [3.8, 4) is 0 Å². The molecule has 0 fully saturated rings. The van der Waals surface area contributed by atoms with Crippen LogP contribution in [0.4, 0.5) is 5.69 Å². The Hall–Kier alpha value is -1.61. The number of nitrogens with two attached hydrogens (primary N) is 2. The lowest BCUT2D eigenvalue weighted by molar-refractivity contribution is 0.0948. The molecular formula is C9H17N5O3S. The summed E-state index contributed by atoms with van der Waals surface area (Å²) in [6, 6.07) is 0. The summed E-state index contributed by atoms with van der Waals surface area (Å²) in [5, 5.41) is 11.4. The van der Waals surface area contributed by atoms with Gasteiger partial charge in [0.2, 0.25) is 10.0 Å². The molecule has 0 unspecified atom stereocenters. The molecule has 1 aromatic heterocycles.